The Bertz CT molecular complexity index is 903. The minimum Gasteiger partial charge on any atom is -0.415 e. The van der Waals surface area contributed by atoms with Gasteiger partial charge in [0.2, 0.25) is 5.89 Å². The second-order valence-electron chi connectivity index (χ2n) is 4.97. The zero-order valence-corrected chi connectivity index (χ0v) is 15.0. The van der Waals surface area contributed by atoms with Gasteiger partial charge in [-0.1, -0.05) is 66.0 Å². The van der Waals surface area contributed by atoms with E-state index in [1.807, 2.05) is 36.4 Å². The summed E-state index contributed by atoms with van der Waals surface area (Å²) >= 11 is 4.87. The molecule has 0 aliphatic carbocycles. The second kappa shape index (κ2) is 7.38. The molecule has 2 aromatic heterocycles. The van der Waals surface area contributed by atoms with Crippen molar-refractivity contribution in [3.63, 3.8) is 0 Å². The monoisotopic (exact) mass is 371 g/mol. The number of rotatable bonds is 6. The standard InChI is InChI=1S/C17H13N3OS3/c1-2-6-12(7-3-1)10-22-16-20-19-15(21-16)11-23-17-18-13-8-4-5-9-14(13)24-17/h1-9H,10-11H2. The van der Waals surface area contributed by atoms with Crippen LogP contribution in [0.4, 0.5) is 0 Å². The largest absolute Gasteiger partial charge is 0.415 e. The van der Waals surface area contributed by atoms with Crippen LogP contribution in [0.5, 0.6) is 0 Å². The normalized spacial score (nSPS) is 11.2. The average Bonchev–Trinajstić information content (AvgIpc) is 3.25. The van der Waals surface area contributed by atoms with Crippen molar-refractivity contribution >= 4 is 45.1 Å². The molecule has 0 radical (unpaired) electrons. The van der Waals surface area contributed by atoms with Crippen molar-refractivity contribution in [1.82, 2.24) is 15.2 Å². The lowest BCUT2D eigenvalue weighted by molar-refractivity contribution is 0.426. The minimum absolute atomic E-state index is 0.610. The number of benzene rings is 2. The molecule has 2 heterocycles. The first kappa shape index (κ1) is 15.7. The van der Waals surface area contributed by atoms with Crippen LogP contribution < -0.4 is 0 Å². The Morgan fingerprint density at radius 2 is 1.71 bits per heavy atom. The molecule has 4 nitrogen and oxygen atoms in total. The van der Waals surface area contributed by atoms with Crippen molar-refractivity contribution in [2.24, 2.45) is 0 Å². The van der Waals surface area contributed by atoms with Crippen LogP contribution in [0, 0.1) is 0 Å². The van der Waals surface area contributed by atoms with Crippen LogP contribution in [0.15, 0.2) is 68.6 Å². The van der Waals surface area contributed by atoms with Gasteiger partial charge in [0.15, 0.2) is 4.34 Å². The molecule has 2 aromatic carbocycles. The van der Waals surface area contributed by atoms with Gasteiger partial charge >= 0.3 is 0 Å². The number of hydrogen-bond acceptors (Lipinski definition) is 7. The van der Waals surface area contributed by atoms with Gasteiger partial charge in [-0.15, -0.1) is 21.5 Å². The van der Waals surface area contributed by atoms with Gasteiger partial charge in [0.1, 0.15) is 0 Å². The van der Waals surface area contributed by atoms with Crippen LogP contribution in [-0.4, -0.2) is 15.2 Å². The molecule has 0 N–H and O–H groups in total. The first-order valence-corrected chi connectivity index (χ1v) is 10.1. The third-order valence-corrected chi connectivity index (χ3v) is 6.30. The van der Waals surface area contributed by atoms with Crippen LogP contribution in [0.25, 0.3) is 10.2 Å². The molecule has 0 saturated carbocycles. The molecule has 24 heavy (non-hydrogen) atoms. The van der Waals surface area contributed by atoms with E-state index in [2.05, 4.69) is 33.4 Å². The Balaban J connectivity index is 1.35. The molecule has 0 amide bonds. The van der Waals surface area contributed by atoms with E-state index in [1.54, 1.807) is 34.9 Å². The van der Waals surface area contributed by atoms with Crippen molar-refractivity contribution < 1.29 is 4.42 Å². The number of hydrogen-bond donors (Lipinski definition) is 0. The Labute approximate surface area is 151 Å². The summed E-state index contributed by atoms with van der Waals surface area (Å²) in [5, 5.41) is 8.83. The maximum absolute atomic E-state index is 5.70. The van der Waals surface area contributed by atoms with Gasteiger partial charge in [0, 0.05) is 5.75 Å². The first-order chi connectivity index (χ1) is 11.9. The number of thiazole rings is 1. The number of para-hydroxylation sites is 1. The first-order valence-electron chi connectivity index (χ1n) is 7.34. The van der Waals surface area contributed by atoms with Crippen LogP contribution >= 0.6 is 34.9 Å². The summed E-state index contributed by atoms with van der Waals surface area (Å²) in [7, 11) is 0. The number of fused-ring (bicyclic) bond motifs is 1. The van der Waals surface area contributed by atoms with E-state index in [0.717, 1.165) is 15.6 Å². The zero-order valence-electron chi connectivity index (χ0n) is 12.6. The molecule has 0 fully saturated rings. The predicted molar refractivity (Wildman–Crippen MR) is 99.5 cm³/mol. The quantitative estimate of drug-likeness (QED) is 0.431. The fraction of sp³-hybridized carbons (Fsp3) is 0.118. The van der Waals surface area contributed by atoms with E-state index in [1.165, 1.54) is 10.3 Å². The predicted octanol–water partition coefficient (Wildman–Crippen LogP) is 5.26. The Kier molecular flexibility index (Phi) is 4.82. The minimum atomic E-state index is 0.610. The highest BCUT2D eigenvalue weighted by atomic mass is 32.2. The van der Waals surface area contributed by atoms with Crippen LogP contribution in [0.1, 0.15) is 11.5 Å². The van der Waals surface area contributed by atoms with Crippen molar-refractivity contribution in [3.8, 4) is 0 Å². The Morgan fingerprint density at radius 1 is 0.875 bits per heavy atom. The van der Waals surface area contributed by atoms with E-state index >= 15 is 0 Å². The summed E-state index contributed by atoms with van der Waals surface area (Å²) < 4.78 is 7.92. The van der Waals surface area contributed by atoms with Crippen molar-refractivity contribution in [2.75, 3.05) is 0 Å². The lowest BCUT2D eigenvalue weighted by atomic mass is 10.2. The SMILES string of the molecule is c1ccc(CSc2nnc(CSc3nc4ccccc4s3)o2)cc1. The van der Waals surface area contributed by atoms with Gasteiger partial charge < -0.3 is 4.42 Å². The third kappa shape index (κ3) is 3.80. The molecule has 4 rings (SSSR count). The molecular formula is C17H13N3OS3. The van der Waals surface area contributed by atoms with Gasteiger partial charge in [-0.05, 0) is 17.7 Å². The highest BCUT2D eigenvalue weighted by molar-refractivity contribution is 8.00. The molecule has 0 spiro atoms. The molecular weight excluding hydrogens is 358 g/mol. The van der Waals surface area contributed by atoms with Crippen molar-refractivity contribution in [1.29, 1.82) is 0 Å². The molecule has 0 unspecified atom stereocenters. The summed E-state index contributed by atoms with van der Waals surface area (Å²) in [4.78, 5) is 4.60. The number of thioether (sulfide) groups is 2. The topological polar surface area (TPSA) is 51.8 Å². The maximum atomic E-state index is 5.70. The number of aromatic nitrogens is 3. The van der Waals surface area contributed by atoms with E-state index in [9.17, 15) is 0 Å². The fourth-order valence-corrected chi connectivity index (χ4v) is 4.75. The summed E-state index contributed by atoms with van der Waals surface area (Å²) in [6.45, 7) is 0. The van der Waals surface area contributed by atoms with Crippen molar-refractivity contribution in [3.05, 3.63) is 66.1 Å². The van der Waals surface area contributed by atoms with E-state index in [0.29, 0.717) is 16.9 Å². The van der Waals surface area contributed by atoms with Crippen LogP contribution in [-0.2, 0) is 11.5 Å². The molecule has 0 bridgehead atoms. The summed E-state index contributed by atoms with van der Waals surface area (Å²) in [6.07, 6.45) is 0. The van der Waals surface area contributed by atoms with Gasteiger partial charge in [0.25, 0.3) is 5.22 Å². The maximum Gasteiger partial charge on any atom is 0.276 e. The molecule has 120 valence electrons. The van der Waals surface area contributed by atoms with Gasteiger partial charge in [-0.3, -0.25) is 0 Å². The third-order valence-electron chi connectivity index (χ3n) is 3.25. The lowest BCUT2D eigenvalue weighted by Gasteiger charge is -1.96. The highest BCUT2D eigenvalue weighted by Crippen LogP contribution is 2.31. The Hall–Kier alpha value is -1.83. The van der Waals surface area contributed by atoms with E-state index < -0.39 is 0 Å². The summed E-state index contributed by atoms with van der Waals surface area (Å²) in [5.74, 6) is 2.10. The van der Waals surface area contributed by atoms with Gasteiger partial charge in [0.05, 0.1) is 16.0 Å². The van der Waals surface area contributed by atoms with Crippen LogP contribution in [0.2, 0.25) is 0 Å². The smallest absolute Gasteiger partial charge is 0.276 e. The second-order valence-corrected chi connectivity index (χ2v) is 8.15. The molecule has 4 aromatic rings. The Morgan fingerprint density at radius 3 is 2.58 bits per heavy atom. The zero-order chi connectivity index (χ0) is 16.2. The fourth-order valence-electron chi connectivity index (χ4n) is 2.11. The van der Waals surface area contributed by atoms with E-state index in [-0.39, 0.29) is 0 Å². The molecule has 0 saturated heterocycles. The van der Waals surface area contributed by atoms with Gasteiger partial charge in [-0.25, -0.2) is 4.98 Å². The molecule has 0 aliphatic heterocycles. The van der Waals surface area contributed by atoms with Crippen LogP contribution in [0.3, 0.4) is 0 Å². The molecule has 7 heteroatoms. The molecule has 0 atom stereocenters. The van der Waals surface area contributed by atoms with Gasteiger partial charge in [-0.2, -0.15) is 0 Å². The summed E-state index contributed by atoms with van der Waals surface area (Å²) in [5.41, 5.74) is 2.28. The highest BCUT2D eigenvalue weighted by Gasteiger charge is 2.10. The lowest BCUT2D eigenvalue weighted by Crippen LogP contribution is -1.79. The van der Waals surface area contributed by atoms with Crippen molar-refractivity contribution in [2.45, 2.75) is 21.1 Å². The average molecular weight is 372 g/mol. The molecule has 0 aliphatic rings. The van der Waals surface area contributed by atoms with E-state index in [4.69, 9.17) is 4.42 Å². The number of nitrogens with zero attached hydrogens (tertiary/aromatic N) is 3. The summed E-state index contributed by atoms with van der Waals surface area (Å²) in [6, 6.07) is 18.4.